The molecule has 1 fully saturated rings. The zero-order valence-electron chi connectivity index (χ0n) is 11.3. The third-order valence-corrected chi connectivity index (χ3v) is 4.12. The average molecular weight is 250 g/mol. The van der Waals surface area contributed by atoms with Crippen molar-refractivity contribution in [3.8, 4) is 0 Å². The number of hydrogen-bond acceptors (Lipinski definition) is 3. The van der Waals surface area contributed by atoms with Gasteiger partial charge in [-0.3, -0.25) is 9.89 Å². The molecule has 0 aromatic carbocycles. The van der Waals surface area contributed by atoms with Crippen LogP contribution in [0.3, 0.4) is 0 Å². The third-order valence-electron chi connectivity index (χ3n) is 4.12. The highest BCUT2D eigenvalue weighted by atomic mass is 16.2. The van der Waals surface area contributed by atoms with E-state index in [1.165, 1.54) is 0 Å². The van der Waals surface area contributed by atoms with Crippen LogP contribution < -0.4 is 10.6 Å². The Balaban J connectivity index is 2.00. The number of carbonyl (C=O) groups excluding carboxylic acids is 1. The second kappa shape index (κ2) is 5.10. The Morgan fingerprint density at radius 2 is 2.39 bits per heavy atom. The zero-order valence-corrected chi connectivity index (χ0v) is 11.3. The summed E-state index contributed by atoms with van der Waals surface area (Å²) in [6.45, 7) is 8.46. The SMILES string of the molecule is Cc1[nH]ncc1CNC(=O)C1(C(C)C)CCNC1. The first-order valence-corrected chi connectivity index (χ1v) is 6.54. The predicted molar refractivity (Wildman–Crippen MR) is 69.9 cm³/mol. The van der Waals surface area contributed by atoms with Crippen molar-refractivity contribution < 1.29 is 4.79 Å². The van der Waals surface area contributed by atoms with Crippen molar-refractivity contribution in [3.05, 3.63) is 17.5 Å². The molecule has 2 heterocycles. The molecule has 1 aliphatic rings. The monoisotopic (exact) mass is 250 g/mol. The van der Waals surface area contributed by atoms with Gasteiger partial charge in [0.05, 0.1) is 11.6 Å². The van der Waals surface area contributed by atoms with Crippen LogP contribution in [0.2, 0.25) is 0 Å². The summed E-state index contributed by atoms with van der Waals surface area (Å²) in [4.78, 5) is 12.4. The molecule has 1 aromatic rings. The molecule has 1 aliphatic heterocycles. The molecule has 1 amide bonds. The molecular formula is C13H22N4O. The summed E-state index contributed by atoms with van der Waals surface area (Å²) in [7, 11) is 0. The first kappa shape index (κ1) is 13.1. The molecule has 100 valence electrons. The van der Waals surface area contributed by atoms with Crippen LogP contribution in [0.25, 0.3) is 0 Å². The van der Waals surface area contributed by atoms with E-state index in [4.69, 9.17) is 0 Å². The maximum absolute atomic E-state index is 12.4. The molecule has 0 saturated carbocycles. The lowest BCUT2D eigenvalue weighted by atomic mass is 9.75. The molecule has 5 nitrogen and oxygen atoms in total. The summed E-state index contributed by atoms with van der Waals surface area (Å²) in [6, 6.07) is 0. The molecule has 18 heavy (non-hydrogen) atoms. The summed E-state index contributed by atoms with van der Waals surface area (Å²) in [5.41, 5.74) is 1.81. The normalized spacial score (nSPS) is 23.6. The summed E-state index contributed by atoms with van der Waals surface area (Å²) in [6.07, 6.45) is 2.69. The van der Waals surface area contributed by atoms with Gasteiger partial charge < -0.3 is 10.6 Å². The van der Waals surface area contributed by atoms with Gasteiger partial charge in [-0.15, -0.1) is 0 Å². The Kier molecular flexibility index (Phi) is 3.71. The highest BCUT2D eigenvalue weighted by molar-refractivity contribution is 5.83. The number of aryl methyl sites for hydroxylation is 1. The molecule has 0 radical (unpaired) electrons. The number of aromatic nitrogens is 2. The van der Waals surface area contributed by atoms with E-state index >= 15 is 0 Å². The topological polar surface area (TPSA) is 69.8 Å². The number of nitrogens with zero attached hydrogens (tertiary/aromatic N) is 1. The molecule has 2 rings (SSSR count). The Morgan fingerprint density at radius 1 is 1.61 bits per heavy atom. The Labute approximate surface area is 108 Å². The molecule has 1 aromatic heterocycles. The Bertz CT molecular complexity index is 418. The van der Waals surface area contributed by atoms with Crippen molar-refractivity contribution >= 4 is 5.91 Å². The van der Waals surface area contributed by atoms with E-state index < -0.39 is 0 Å². The first-order valence-electron chi connectivity index (χ1n) is 6.54. The maximum Gasteiger partial charge on any atom is 0.228 e. The fourth-order valence-electron chi connectivity index (χ4n) is 2.57. The Hall–Kier alpha value is -1.36. The largest absolute Gasteiger partial charge is 0.351 e. The van der Waals surface area contributed by atoms with Crippen LogP contribution in [-0.2, 0) is 11.3 Å². The van der Waals surface area contributed by atoms with Crippen LogP contribution in [0.4, 0.5) is 0 Å². The van der Waals surface area contributed by atoms with Gasteiger partial charge in [-0.05, 0) is 25.8 Å². The van der Waals surface area contributed by atoms with Gasteiger partial charge in [-0.1, -0.05) is 13.8 Å². The van der Waals surface area contributed by atoms with Crippen molar-refractivity contribution in [1.29, 1.82) is 0 Å². The molecule has 1 atom stereocenters. The number of H-pyrrole nitrogens is 1. The summed E-state index contributed by atoms with van der Waals surface area (Å²) in [5.74, 6) is 0.501. The minimum Gasteiger partial charge on any atom is -0.351 e. The molecule has 1 saturated heterocycles. The maximum atomic E-state index is 12.4. The van der Waals surface area contributed by atoms with Gasteiger partial charge in [0.15, 0.2) is 0 Å². The van der Waals surface area contributed by atoms with Crippen molar-refractivity contribution in [2.24, 2.45) is 11.3 Å². The van der Waals surface area contributed by atoms with E-state index in [-0.39, 0.29) is 11.3 Å². The number of aromatic amines is 1. The predicted octanol–water partition coefficient (Wildman–Crippen LogP) is 0.970. The van der Waals surface area contributed by atoms with E-state index in [1.54, 1.807) is 6.20 Å². The number of hydrogen-bond donors (Lipinski definition) is 3. The van der Waals surface area contributed by atoms with Crippen LogP contribution in [0, 0.1) is 18.3 Å². The van der Waals surface area contributed by atoms with Crippen LogP contribution in [0.15, 0.2) is 6.20 Å². The standard InChI is InChI=1S/C13H22N4O/c1-9(2)13(4-5-14-8-13)12(18)15-6-11-7-16-17-10(11)3/h7,9,14H,4-6,8H2,1-3H3,(H,15,18)(H,16,17). The first-order chi connectivity index (χ1) is 8.56. The van der Waals surface area contributed by atoms with Gasteiger partial charge in [0.2, 0.25) is 5.91 Å². The van der Waals surface area contributed by atoms with E-state index in [9.17, 15) is 4.79 Å². The highest BCUT2D eigenvalue weighted by Gasteiger charge is 2.43. The van der Waals surface area contributed by atoms with Gasteiger partial charge in [-0.25, -0.2) is 0 Å². The van der Waals surface area contributed by atoms with Crippen molar-refractivity contribution in [1.82, 2.24) is 20.8 Å². The average Bonchev–Trinajstić information content (AvgIpc) is 2.95. The lowest BCUT2D eigenvalue weighted by Crippen LogP contribution is -2.45. The highest BCUT2D eigenvalue weighted by Crippen LogP contribution is 2.34. The van der Waals surface area contributed by atoms with E-state index in [1.807, 2.05) is 6.92 Å². The van der Waals surface area contributed by atoms with Gasteiger partial charge in [-0.2, -0.15) is 5.10 Å². The quantitative estimate of drug-likeness (QED) is 0.746. The Morgan fingerprint density at radius 3 is 2.89 bits per heavy atom. The fraction of sp³-hybridized carbons (Fsp3) is 0.692. The third kappa shape index (κ3) is 2.27. The van der Waals surface area contributed by atoms with Crippen LogP contribution in [0.5, 0.6) is 0 Å². The molecule has 0 aliphatic carbocycles. The van der Waals surface area contributed by atoms with Crippen molar-refractivity contribution in [2.45, 2.75) is 33.7 Å². The van der Waals surface area contributed by atoms with E-state index in [0.29, 0.717) is 12.5 Å². The number of nitrogens with one attached hydrogen (secondary N) is 3. The second-order valence-electron chi connectivity index (χ2n) is 5.44. The lowest BCUT2D eigenvalue weighted by molar-refractivity contribution is -0.132. The summed E-state index contributed by atoms with van der Waals surface area (Å²) < 4.78 is 0. The number of carbonyl (C=O) groups is 1. The molecule has 0 spiro atoms. The van der Waals surface area contributed by atoms with Crippen LogP contribution >= 0.6 is 0 Å². The van der Waals surface area contributed by atoms with E-state index in [2.05, 4.69) is 34.7 Å². The van der Waals surface area contributed by atoms with Crippen molar-refractivity contribution in [3.63, 3.8) is 0 Å². The zero-order chi connectivity index (χ0) is 13.2. The summed E-state index contributed by atoms with van der Waals surface area (Å²) in [5, 5.41) is 13.2. The van der Waals surface area contributed by atoms with Gasteiger partial charge >= 0.3 is 0 Å². The number of rotatable bonds is 4. The van der Waals surface area contributed by atoms with E-state index in [0.717, 1.165) is 30.8 Å². The minimum atomic E-state index is -0.252. The number of amides is 1. The molecule has 5 heteroatoms. The minimum absolute atomic E-state index is 0.156. The lowest BCUT2D eigenvalue weighted by Gasteiger charge is -2.31. The van der Waals surface area contributed by atoms with Gasteiger partial charge in [0, 0.05) is 24.3 Å². The smallest absolute Gasteiger partial charge is 0.228 e. The van der Waals surface area contributed by atoms with Crippen LogP contribution in [0.1, 0.15) is 31.5 Å². The van der Waals surface area contributed by atoms with Gasteiger partial charge in [0.1, 0.15) is 0 Å². The summed E-state index contributed by atoms with van der Waals surface area (Å²) >= 11 is 0. The molecule has 3 N–H and O–H groups in total. The fourth-order valence-corrected chi connectivity index (χ4v) is 2.57. The molecular weight excluding hydrogens is 228 g/mol. The van der Waals surface area contributed by atoms with Crippen LogP contribution in [-0.4, -0.2) is 29.2 Å². The second-order valence-corrected chi connectivity index (χ2v) is 5.44. The van der Waals surface area contributed by atoms with Crippen molar-refractivity contribution in [2.75, 3.05) is 13.1 Å². The molecule has 1 unspecified atom stereocenters. The van der Waals surface area contributed by atoms with Gasteiger partial charge in [0.25, 0.3) is 0 Å². The molecule has 0 bridgehead atoms.